The summed E-state index contributed by atoms with van der Waals surface area (Å²) < 4.78 is 0. The van der Waals surface area contributed by atoms with Crippen molar-refractivity contribution in [3.05, 3.63) is 141 Å². The summed E-state index contributed by atoms with van der Waals surface area (Å²) in [6.07, 6.45) is 0.503. The van der Waals surface area contributed by atoms with E-state index in [1.54, 1.807) is 19.1 Å². The fourth-order valence-corrected chi connectivity index (χ4v) is 3.89. The van der Waals surface area contributed by atoms with Crippen LogP contribution in [0, 0.1) is 0 Å². The molecule has 8 N–H and O–H groups in total. The van der Waals surface area contributed by atoms with Gasteiger partial charge >= 0.3 is 47.8 Å². The quantitative estimate of drug-likeness (QED) is 0.116. The summed E-state index contributed by atoms with van der Waals surface area (Å²) in [6.45, 7) is 1.79. The summed E-state index contributed by atoms with van der Waals surface area (Å²) in [6, 6.07) is 20.9. The summed E-state index contributed by atoms with van der Waals surface area (Å²) >= 11 is 0. The van der Waals surface area contributed by atoms with Crippen molar-refractivity contribution in [2.24, 2.45) is 0 Å². The summed E-state index contributed by atoms with van der Waals surface area (Å²) in [5, 5.41) is 68.9. The third kappa shape index (κ3) is 11.8. The van der Waals surface area contributed by atoms with Gasteiger partial charge in [-0.15, -0.1) is 0 Å². The molecule has 50 heavy (non-hydrogen) atoms. The Hall–Kier alpha value is -7.36. The molecular weight excluding hydrogens is 664 g/mol. The molecule has 16 heteroatoms. The minimum absolute atomic E-state index is 0.109. The van der Waals surface area contributed by atoms with Crippen LogP contribution in [-0.4, -0.2) is 88.6 Å². The van der Waals surface area contributed by atoms with Gasteiger partial charge in [0.05, 0.1) is 44.5 Å². The third-order valence-electron chi connectivity index (χ3n) is 6.14. The molecule has 0 unspecified atom stereocenters. The first-order valence-corrected chi connectivity index (χ1v) is 13.7. The molecule has 260 valence electrons. The van der Waals surface area contributed by atoms with Gasteiger partial charge < -0.3 is 40.9 Å². The van der Waals surface area contributed by atoms with Gasteiger partial charge in [0.25, 0.3) is 0 Å². The van der Waals surface area contributed by atoms with Crippen LogP contribution in [0.4, 0.5) is 0 Å². The second kappa shape index (κ2) is 19.3. The number of carboxylic acids is 8. The predicted molar refractivity (Wildman–Crippen MR) is 171 cm³/mol. The van der Waals surface area contributed by atoms with Crippen LogP contribution in [0.3, 0.4) is 0 Å². The van der Waals surface area contributed by atoms with Gasteiger partial charge in [0, 0.05) is 0 Å². The highest BCUT2D eigenvalue weighted by molar-refractivity contribution is 6.04. The number of aromatic carboxylic acids is 8. The van der Waals surface area contributed by atoms with Gasteiger partial charge in [-0.05, 0) is 54.4 Å². The van der Waals surface area contributed by atoms with E-state index in [1.165, 1.54) is 78.9 Å². The Kier molecular flexibility index (Phi) is 15.7. The van der Waals surface area contributed by atoms with Crippen LogP contribution < -0.4 is 0 Å². The average Bonchev–Trinajstić information content (AvgIpc) is 3.08. The van der Waals surface area contributed by atoms with E-state index in [9.17, 15) is 38.4 Å². The first kappa shape index (κ1) is 40.7. The normalized spacial score (nSPS) is 9.46. The average molecular weight is 693 g/mol. The van der Waals surface area contributed by atoms with E-state index < -0.39 is 47.8 Å². The lowest BCUT2D eigenvalue weighted by Gasteiger charge is -2.06. The predicted octanol–water partition coefficient (Wildman–Crippen LogP) is 4.89. The standard InChI is InChI=1S/C10H10O4.3C8H6O4/c1-2-6-4-3-5-7(9(11)12)8(6)10(13)14;3*9-7(10)5-3-1-2-4-6(5)8(11)12/h3-5H,2H2,1H3,(H,11,12)(H,13,14);3*1-4H,(H,9,10)(H,11,12). The lowest BCUT2D eigenvalue weighted by molar-refractivity contribution is 0.0650. The summed E-state index contributed by atoms with van der Waals surface area (Å²) in [5.74, 6) is -9.78. The van der Waals surface area contributed by atoms with Crippen LogP contribution in [0.1, 0.15) is 95.4 Å². The number of hydrogen-bond acceptors (Lipinski definition) is 8. The number of hydrogen-bond donors (Lipinski definition) is 8. The van der Waals surface area contributed by atoms with Crippen LogP contribution in [0.5, 0.6) is 0 Å². The first-order valence-electron chi connectivity index (χ1n) is 13.7. The number of benzene rings is 4. The molecular formula is C34H28O16. The number of aryl methyl sites for hydroxylation is 1. The lowest BCUT2D eigenvalue weighted by atomic mass is 9.99. The Balaban J connectivity index is 0.000000334. The van der Waals surface area contributed by atoms with Crippen molar-refractivity contribution in [1.82, 2.24) is 0 Å². The maximum absolute atomic E-state index is 10.8. The van der Waals surface area contributed by atoms with Crippen LogP contribution in [0.2, 0.25) is 0 Å². The fraction of sp³-hybridized carbons (Fsp3) is 0.0588. The Morgan fingerprint density at radius 3 is 0.740 bits per heavy atom. The van der Waals surface area contributed by atoms with Crippen molar-refractivity contribution in [3.8, 4) is 0 Å². The molecule has 0 saturated heterocycles. The van der Waals surface area contributed by atoms with Gasteiger partial charge in [0.1, 0.15) is 0 Å². The van der Waals surface area contributed by atoms with Crippen molar-refractivity contribution < 1.29 is 79.2 Å². The van der Waals surface area contributed by atoms with Crippen molar-refractivity contribution in [2.45, 2.75) is 13.3 Å². The van der Waals surface area contributed by atoms with Crippen LogP contribution in [0.25, 0.3) is 0 Å². The van der Waals surface area contributed by atoms with Gasteiger partial charge in [-0.1, -0.05) is 55.5 Å². The first-order chi connectivity index (χ1) is 23.5. The molecule has 0 heterocycles. The zero-order valence-corrected chi connectivity index (χ0v) is 25.7. The van der Waals surface area contributed by atoms with Crippen LogP contribution in [-0.2, 0) is 6.42 Å². The van der Waals surface area contributed by atoms with Gasteiger partial charge in [0.15, 0.2) is 0 Å². The second-order valence-corrected chi connectivity index (χ2v) is 9.27. The molecule has 4 aromatic rings. The Bertz CT molecular complexity index is 1670. The largest absolute Gasteiger partial charge is 0.478 e. The van der Waals surface area contributed by atoms with E-state index in [2.05, 4.69) is 0 Å². The maximum Gasteiger partial charge on any atom is 0.336 e. The number of carboxylic acid groups (broad SMARTS) is 8. The van der Waals surface area contributed by atoms with E-state index >= 15 is 0 Å². The number of rotatable bonds is 9. The highest BCUT2D eigenvalue weighted by Gasteiger charge is 2.19. The SMILES string of the molecule is CCc1cccc(C(=O)O)c1C(=O)O.O=C(O)c1ccccc1C(=O)O.O=C(O)c1ccccc1C(=O)O.O=C(O)c1ccccc1C(=O)O. The monoisotopic (exact) mass is 692 g/mol. The van der Waals surface area contributed by atoms with Gasteiger partial charge in [-0.25, -0.2) is 38.4 Å². The number of carbonyl (C=O) groups is 8. The molecule has 0 aliphatic carbocycles. The minimum Gasteiger partial charge on any atom is -0.478 e. The summed E-state index contributed by atoms with van der Waals surface area (Å²) in [7, 11) is 0. The molecule has 4 aromatic carbocycles. The Morgan fingerprint density at radius 1 is 0.340 bits per heavy atom. The second-order valence-electron chi connectivity index (χ2n) is 9.27. The van der Waals surface area contributed by atoms with Crippen molar-refractivity contribution in [3.63, 3.8) is 0 Å². The van der Waals surface area contributed by atoms with Crippen LogP contribution in [0.15, 0.2) is 91.0 Å². The van der Waals surface area contributed by atoms with Crippen molar-refractivity contribution in [2.75, 3.05) is 0 Å². The topological polar surface area (TPSA) is 298 Å². The molecule has 0 aliphatic heterocycles. The molecule has 0 atom stereocenters. The minimum atomic E-state index is -1.23. The molecule has 0 saturated carbocycles. The van der Waals surface area contributed by atoms with E-state index in [4.69, 9.17) is 40.9 Å². The zero-order valence-electron chi connectivity index (χ0n) is 25.7. The van der Waals surface area contributed by atoms with Crippen molar-refractivity contribution >= 4 is 47.8 Å². The molecule has 0 aliphatic rings. The molecule has 0 aromatic heterocycles. The van der Waals surface area contributed by atoms with Gasteiger partial charge in [0.2, 0.25) is 0 Å². The van der Waals surface area contributed by atoms with E-state index in [-0.39, 0.29) is 44.5 Å². The Labute approximate surface area is 281 Å². The highest BCUT2D eigenvalue weighted by atomic mass is 16.4. The molecule has 0 amide bonds. The van der Waals surface area contributed by atoms with Gasteiger partial charge in [-0.3, -0.25) is 0 Å². The molecule has 0 fully saturated rings. The Morgan fingerprint density at radius 2 is 0.560 bits per heavy atom. The highest BCUT2D eigenvalue weighted by Crippen LogP contribution is 2.16. The smallest absolute Gasteiger partial charge is 0.336 e. The molecule has 0 spiro atoms. The molecule has 16 nitrogen and oxygen atoms in total. The molecule has 0 bridgehead atoms. The van der Waals surface area contributed by atoms with E-state index in [0.717, 1.165) is 0 Å². The zero-order chi connectivity index (χ0) is 38.1. The molecule has 4 rings (SSSR count). The lowest BCUT2D eigenvalue weighted by Crippen LogP contribution is -2.10. The molecule has 0 radical (unpaired) electrons. The summed E-state index contributed by atoms with van der Waals surface area (Å²) in [4.78, 5) is 84.4. The van der Waals surface area contributed by atoms with Crippen molar-refractivity contribution in [1.29, 1.82) is 0 Å². The van der Waals surface area contributed by atoms with Gasteiger partial charge in [-0.2, -0.15) is 0 Å². The van der Waals surface area contributed by atoms with E-state index in [0.29, 0.717) is 12.0 Å². The van der Waals surface area contributed by atoms with E-state index in [1.807, 2.05) is 0 Å². The third-order valence-corrected chi connectivity index (χ3v) is 6.14. The fourth-order valence-electron chi connectivity index (χ4n) is 3.89. The maximum atomic E-state index is 10.8. The van der Waals surface area contributed by atoms with Crippen LogP contribution >= 0.6 is 0 Å². The summed E-state index contributed by atoms with van der Waals surface area (Å²) in [5.41, 5.74) is -0.864.